The van der Waals surface area contributed by atoms with E-state index in [0.29, 0.717) is 0 Å². The molecule has 246 valence electrons. The molecule has 0 N–H and O–H groups in total. The van der Waals surface area contributed by atoms with Crippen molar-refractivity contribution in [1.82, 2.24) is 0 Å². The molecule has 1 aliphatic carbocycles. The fourth-order valence-corrected chi connectivity index (χ4v) is 6.25. The zero-order valence-electron chi connectivity index (χ0n) is 28.8. The molecule has 0 aromatic heterocycles. The molecule has 1 rings (SSSR count). The Kier molecular flexibility index (Phi) is 29.8. The molecule has 0 aliphatic heterocycles. The van der Waals surface area contributed by atoms with Gasteiger partial charge in [-0.1, -0.05) is 206 Å². The molecule has 0 saturated heterocycles. The number of hydrogen-bond donors (Lipinski definition) is 0. The highest BCUT2D eigenvalue weighted by molar-refractivity contribution is 4.86. The third kappa shape index (κ3) is 28.4. The largest absolute Gasteiger partial charge is 0.350 e. The summed E-state index contributed by atoms with van der Waals surface area (Å²) in [5.74, 6) is -0.176. The molecule has 0 aromatic carbocycles. The maximum atomic E-state index is 6.17. The molecule has 41 heavy (non-hydrogen) atoms. The molecule has 1 aliphatic rings. The van der Waals surface area contributed by atoms with Crippen molar-refractivity contribution in [2.24, 2.45) is 0 Å². The van der Waals surface area contributed by atoms with Crippen molar-refractivity contribution >= 4 is 0 Å². The molecule has 0 heterocycles. The first-order valence-corrected chi connectivity index (χ1v) is 19.6. The van der Waals surface area contributed by atoms with E-state index in [4.69, 9.17) is 9.47 Å². The van der Waals surface area contributed by atoms with Crippen LogP contribution in [0.15, 0.2) is 0 Å². The lowest BCUT2D eigenvalue weighted by Gasteiger charge is -2.17. The van der Waals surface area contributed by atoms with E-state index in [-0.39, 0.29) is 5.79 Å². The second-order valence-electron chi connectivity index (χ2n) is 13.7. The maximum Gasteiger partial charge on any atom is 0.168 e. The molecule has 0 spiro atoms. The average Bonchev–Trinajstić information content (AvgIpc) is 3.76. The zero-order valence-corrected chi connectivity index (χ0v) is 28.8. The van der Waals surface area contributed by atoms with Gasteiger partial charge in [-0.25, -0.2) is 0 Å². The molecule has 0 amide bonds. The van der Waals surface area contributed by atoms with Crippen LogP contribution in [0.3, 0.4) is 0 Å². The van der Waals surface area contributed by atoms with Crippen molar-refractivity contribution in [3.8, 4) is 0 Å². The van der Waals surface area contributed by atoms with Crippen LogP contribution in [0, 0.1) is 0 Å². The Morgan fingerprint density at radius 1 is 0.293 bits per heavy atom. The standard InChI is InChI=1S/C39H78O2/c1-3-5-7-9-11-13-15-17-19-21-23-25-27-29-31-33-37-40-39(35-36-39)41-38-34-32-30-28-26-24-22-20-18-16-14-12-10-8-6-4-2/h3-38H2,1-2H3. The summed E-state index contributed by atoms with van der Waals surface area (Å²) in [6, 6.07) is 0. The van der Waals surface area contributed by atoms with Crippen molar-refractivity contribution in [2.45, 2.75) is 238 Å². The second-order valence-corrected chi connectivity index (χ2v) is 13.7. The normalized spacial score (nSPS) is 14.2. The Labute approximate surface area is 260 Å². The van der Waals surface area contributed by atoms with Crippen molar-refractivity contribution < 1.29 is 9.47 Å². The zero-order chi connectivity index (χ0) is 29.4. The summed E-state index contributed by atoms with van der Waals surface area (Å²) < 4.78 is 12.3. The Bertz CT molecular complexity index is 446. The van der Waals surface area contributed by atoms with Crippen LogP contribution in [0.2, 0.25) is 0 Å². The van der Waals surface area contributed by atoms with Crippen molar-refractivity contribution in [3.63, 3.8) is 0 Å². The summed E-state index contributed by atoms with van der Waals surface area (Å²) in [5.41, 5.74) is 0. The minimum Gasteiger partial charge on any atom is -0.350 e. The van der Waals surface area contributed by atoms with Crippen LogP contribution in [0.1, 0.15) is 232 Å². The number of ether oxygens (including phenoxy) is 2. The molecule has 0 unspecified atom stereocenters. The Hall–Kier alpha value is -0.0800. The smallest absolute Gasteiger partial charge is 0.168 e. The van der Waals surface area contributed by atoms with Crippen LogP contribution in [0.5, 0.6) is 0 Å². The number of hydrogen-bond acceptors (Lipinski definition) is 2. The molecule has 0 radical (unpaired) electrons. The van der Waals surface area contributed by atoms with Gasteiger partial charge in [0.05, 0.1) is 13.2 Å². The monoisotopic (exact) mass is 579 g/mol. The average molecular weight is 579 g/mol. The quantitative estimate of drug-likeness (QED) is 0.0543. The van der Waals surface area contributed by atoms with E-state index < -0.39 is 0 Å². The van der Waals surface area contributed by atoms with Crippen LogP contribution < -0.4 is 0 Å². The second kappa shape index (κ2) is 31.3. The Balaban J connectivity index is 1.72. The predicted octanol–water partition coefficient (Wildman–Crippen LogP) is 14.0. The van der Waals surface area contributed by atoms with E-state index in [1.54, 1.807) is 0 Å². The van der Waals surface area contributed by atoms with Gasteiger partial charge in [0.2, 0.25) is 0 Å². The minimum absolute atomic E-state index is 0.176. The van der Waals surface area contributed by atoms with Crippen LogP contribution >= 0.6 is 0 Å². The van der Waals surface area contributed by atoms with Gasteiger partial charge in [0.25, 0.3) is 0 Å². The summed E-state index contributed by atoms with van der Waals surface area (Å²) in [4.78, 5) is 0. The summed E-state index contributed by atoms with van der Waals surface area (Å²) in [6.07, 6.45) is 47.7. The molecule has 0 atom stereocenters. The van der Waals surface area contributed by atoms with Gasteiger partial charge in [-0.15, -0.1) is 0 Å². The molecule has 2 heteroatoms. The van der Waals surface area contributed by atoms with Crippen molar-refractivity contribution in [2.75, 3.05) is 13.2 Å². The van der Waals surface area contributed by atoms with E-state index in [0.717, 1.165) is 26.1 Å². The van der Waals surface area contributed by atoms with Gasteiger partial charge in [0, 0.05) is 12.8 Å². The van der Waals surface area contributed by atoms with Gasteiger partial charge >= 0.3 is 0 Å². The van der Waals surface area contributed by atoms with Crippen LogP contribution in [-0.4, -0.2) is 19.0 Å². The van der Waals surface area contributed by atoms with E-state index in [1.807, 2.05) is 0 Å². The lowest BCUT2D eigenvalue weighted by atomic mass is 10.0. The highest BCUT2D eigenvalue weighted by Gasteiger charge is 2.45. The molecular formula is C39H78O2. The minimum atomic E-state index is -0.176. The van der Waals surface area contributed by atoms with Crippen molar-refractivity contribution in [3.05, 3.63) is 0 Å². The van der Waals surface area contributed by atoms with E-state index in [2.05, 4.69) is 13.8 Å². The van der Waals surface area contributed by atoms with E-state index in [9.17, 15) is 0 Å². The summed E-state index contributed by atoms with van der Waals surface area (Å²) in [7, 11) is 0. The van der Waals surface area contributed by atoms with Crippen molar-refractivity contribution in [1.29, 1.82) is 0 Å². The molecule has 0 aromatic rings. The molecular weight excluding hydrogens is 500 g/mol. The molecule has 2 nitrogen and oxygen atoms in total. The highest BCUT2D eigenvalue weighted by atomic mass is 16.7. The van der Waals surface area contributed by atoms with Crippen LogP contribution in [0.4, 0.5) is 0 Å². The van der Waals surface area contributed by atoms with Crippen LogP contribution in [-0.2, 0) is 9.47 Å². The first-order valence-electron chi connectivity index (χ1n) is 19.6. The van der Waals surface area contributed by atoms with Crippen LogP contribution in [0.25, 0.3) is 0 Å². The maximum absolute atomic E-state index is 6.17. The van der Waals surface area contributed by atoms with Gasteiger partial charge in [-0.3, -0.25) is 0 Å². The number of rotatable bonds is 36. The first kappa shape index (κ1) is 38.9. The van der Waals surface area contributed by atoms with Gasteiger partial charge in [-0.05, 0) is 12.8 Å². The summed E-state index contributed by atoms with van der Waals surface area (Å²) in [5, 5.41) is 0. The van der Waals surface area contributed by atoms with Gasteiger partial charge in [-0.2, -0.15) is 0 Å². The Morgan fingerprint density at radius 2 is 0.488 bits per heavy atom. The molecule has 1 saturated carbocycles. The van der Waals surface area contributed by atoms with E-state index in [1.165, 1.54) is 205 Å². The Morgan fingerprint density at radius 3 is 0.683 bits per heavy atom. The third-order valence-electron chi connectivity index (χ3n) is 9.38. The highest BCUT2D eigenvalue weighted by Crippen LogP contribution is 2.41. The fourth-order valence-electron chi connectivity index (χ4n) is 6.25. The van der Waals surface area contributed by atoms with Gasteiger partial charge in [0.1, 0.15) is 0 Å². The third-order valence-corrected chi connectivity index (χ3v) is 9.38. The molecule has 0 bridgehead atoms. The van der Waals surface area contributed by atoms with Gasteiger partial charge in [0.15, 0.2) is 5.79 Å². The lowest BCUT2D eigenvalue weighted by molar-refractivity contribution is -0.168. The topological polar surface area (TPSA) is 18.5 Å². The first-order chi connectivity index (χ1) is 20.3. The molecule has 1 fully saturated rings. The van der Waals surface area contributed by atoms with Gasteiger partial charge < -0.3 is 9.47 Å². The predicted molar refractivity (Wildman–Crippen MR) is 183 cm³/mol. The number of unbranched alkanes of at least 4 members (excludes halogenated alkanes) is 30. The fraction of sp³-hybridized carbons (Fsp3) is 1.00. The SMILES string of the molecule is CCCCCCCCCCCCCCCCCCOC1(OCCCCCCCCCCCCCCCCCC)CC1. The summed E-state index contributed by atoms with van der Waals surface area (Å²) in [6.45, 7) is 6.40. The summed E-state index contributed by atoms with van der Waals surface area (Å²) >= 11 is 0. The van der Waals surface area contributed by atoms with E-state index >= 15 is 0 Å². The lowest BCUT2D eigenvalue weighted by Crippen LogP contribution is -2.20.